The number of nitrogens with two attached hydrogens (primary N) is 1. The summed E-state index contributed by atoms with van der Waals surface area (Å²) in [5.41, 5.74) is 9.07. The Morgan fingerprint density at radius 1 is 1.24 bits per heavy atom. The van der Waals surface area contributed by atoms with Crippen LogP contribution in [-0.2, 0) is 0 Å². The Balaban J connectivity index is 2.80. The van der Waals surface area contributed by atoms with Gasteiger partial charge in [0, 0.05) is 11.1 Å². The van der Waals surface area contributed by atoms with Gasteiger partial charge in [-0.15, -0.1) is 0 Å². The quantitative estimate of drug-likeness (QED) is 0.907. The van der Waals surface area contributed by atoms with Gasteiger partial charge in [-0.1, -0.05) is 0 Å². The van der Waals surface area contributed by atoms with E-state index in [1.807, 2.05) is 13.8 Å². The van der Waals surface area contributed by atoms with Gasteiger partial charge in [0.2, 0.25) is 5.91 Å². The molecule has 2 aromatic rings. The van der Waals surface area contributed by atoms with E-state index < -0.39 is 5.91 Å². The first kappa shape index (κ1) is 14.8. The van der Waals surface area contributed by atoms with Crippen molar-refractivity contribution >= 4 is 5.91 Å². The number of hydrogen-bond acceptors (Lipinski definition) is 4. The Kier molecular flexibility index (Phi) is 3.84. The molecule has 0 aliphatic carbocycles. The molecule has 5 nitrogen and oxygen atoms in total. The third kappa shape index (κ3) is 2.54. The lowest BCUT2D eigenvalue weighted by molar-refractivity contribution is 0.100. The standard InChI is InChI=1S/C16H18N2O3/c1-8-9(2)15(19)10(3)18-14(8)13-7-11(21-4)5-6-12(13)16(17)20/h5-7,19H,1-4H3,(H2,17,20). The van der Waals surface area contributed by atoms with Gasteiger partial charge in [0.05, 0.1) is 18.5 Å². The van der Waals surface area contributed by atoms with Gasteiger partial charge in [0.25, 0.3) is 0 Å². The molecule has 0 aliphatic rings. The first-order valence-corrected chi connectivity index (χ1v) is 6.51. The second-order valence-corrected chi connectivity index (χ2v) is 4.92. The molecule has 0 unspecified atom stereocenters. The number of aromatic hydroxyl groups is 1. The minimum atomic E-state index is -0.530. The van der Waals surface area contributed by atoms with E-state index in [2.05, 4.69) is 4.98 Å². The van der Waals surface area contributed by atoms with Gasteiger partial charge in [-0.3, -0.25) is 4.79 Å². The van der Waals surface area contributed by atoms with Gasteiger partial charge >= 0.3 is 0 Å². The zero-order valence-electron chi connectivity index (χ0n) is 12.5. The number of benzene rings is 1. The molecule has 0 radical (unpaired) electrons. The molecule has 0 saturated heterocycles. The molecule has 0 atom stereocenters. The van der Waals surface area contributed by atoms with Gasteiger partial charge < -0.3 is 15.6 Å². The Morgan fingerprint density at radius 3 is 2.48 bits per heavy atom. The summed E-state index contributed by atoms with van der Waals surface area (Å²) in [5.74, 6) is 0.247. The second kappa shape index (κ2) is 5.44. The molecule has 1 aromatic heterocycles. The highest BCUT2D eigenvalue weighted by atomic mass is 16.5. The molecule has 0 saturated carbocycles. The molecule has 2 rings (SSSR count). The number of methoxy groups -OCH3 is 1. The van der Waals surface area contributed by atoms with E-state index in [4.69, 9.17) is 10.5 Å². The summed E-state index contributed by atoms with van der Waals surface area (Å²) in [7, 11) is 1.55. The van der Waals surface area contributed by atoms with Crippen LogP contribution in [0.25, 0.3) is 11.3 Å². The first-order chi connectivity index (χ1) is 9.86. The molecule has 0 spiro atoms. The van der Waals surface area contributed by atoms with Crippen molar-refractivity contribution in [2.45, 2.75) is 20.8 Å². The summed E-state index contributed by atoms with van der Waals surface area (Å²) >= 11 is 0. The van der Waals surface area contributed by atoms with Crippen molar-refractivity contribution in [3.63, 3.8) is 0 Å². The fraction of sp³-hybridized carbons (Fsp3) is 0.250. The predicted octanol–water partition coefficient (Wildman–Crippen LogP) is 2.49. The topological polar surface area (TPSA) is 85.4 Å². The van der Waals surface area contributed by atoms with Crippen LogP contribution < -0.4 is 10.5 Å². The predicted molar refractivity (Wildman–Crippen MR) is 80.6 cm³/mol. The molecular weight excluding hydrogens is 268 g/mol. The largest absolute Gasteiger partial charge is 0.506 e. The molecule has 0 aliphatic heterocycles. The highest BCUT2D eigenvalue weighted by Crippen LogP contribution is 2.34. The van der Waals surface area contributed by atoms with Gasteiger partial charge in [0.15, 0.2) is 0 Å². The first-order valence-electron chi connectivity index (χ1n) is 6.51. The number of aryl methyl sites for hydroxylation is 1. The highest BCUT2D eigenvalue weighted by molar-refractivity contribution is 6.00. The van der Waals surface area contributed by atoms with Crippen LogP contribution in [0.15, 0.2) is 18.2 Å². The molecule has 21 heavy (non-hydrogen) atoms. The van der Waals surface area contributed by atoms with Crippen LogP contribution in [0.5, 0.6) is 11.5 Å². The minimum absolute atomic E-state index is 0.166. The van der Waals surface area contributed by atoms with Gasteiger partial charge in [-0.25, -0.2) is 4.98 Å². The molecule has 5 heteroatoms. The zero-order chi connectivity index (χ0) is 15.7. The number of aromatic nitrogens is 1. The van der Waals surface area contributed by atoms with Crippen LogP contribution in [-0.4, -0.2) is 23.1 Å². The smallest absolute Gasteiger partial charge is 0.249 e. The number of amides is 1. The number of primary amides is 1. The molecular formula is C16H18N2O3. The molecule has 110 valence electrons. The third-order valence-electron chi connectivity index (χ3n) is 3.64. The zero-order valence-corrected chi connectivity index (χ0v) is 12.5. The highest BCUT2D eigenvalue weighted by Gasteiger charge is 2.18. The molecule has 0 bridgehead atoms. The van der Waals surface area contributed by atoms with Crippen molar-refractivity contribution < 1.29 is 14.6 Å². The minimum Gasteiger partial charge on any atom is -0.506 e. The van der Waals surface area contributed by atoms with Crippen LogP contribution >= 0.6 is 0 Å². The molecule has 3 N–H and O–H groups in total. The Labute approximate surface area is 123 Å². The number of nitrogens with zero attached hydrogens (tertiary/aromatic N) is 1. The van der Waals surface area contributed by atoms with E-state index in [0.717, 1.165) is 11.1 Å². The summed E-state index contributed by atoms with van der Waals surface area (Å²) in [4.78, 5) is 16.1. The van der Waals surface area contributed by atoms with Crippen LogP contribution in [0.4, 0.5) is 0 Å². The third-order valence-corrected chi connectivity index (χ3v) is 3.64. The lowest BCUT2D eigenvalue weighted by Gasteiger charge is -2.15. The van der Waals surface area contributed by atoms with Crippen molar-refractivity contribution in [3.8, 4) is 22.8 Å². The molecule has 1 aromatic carbocycles. The van der Waals surface area contributed by atoms with Crippen LogP contribution in [0, 0.1) is 20.8 Å². The maximum atomic E-state index is 11.6. The Hall–Kier alpha value is -2.56. The van der Waals surface area contributed by atoms with Crippen molar-refractivity contribution in [1.82, 2.24) is 4.98 Å². The van der Waals surface area contributed by atoms with Crippen molar-refractivity contribution in [2.75, 3.05) is 7.11 Å². The van der Waals surface area contributed by atoms with Crippen molar-refractivity contribution in [1.29, 1.82) is 0 Å². The Morgan fingerprint density at radius 2 is 1.90 bits per heavy atom. The van der Waals surface area contributed by atoms with E-state index in [-0.39, 0.29) is 5.75 Å². The molecule has 1 amide bonds. The number of rotatable bonds is 3. The summed E-state index contributed by atoms with van der Waals surface area (Å²) in [5, 5.41) is 9.96. The van der Waals surface area contributed by atoms with Gasteiger partial charge in [0.1, 0.15) is 11.5 Å². The Bertz CT molecular complexity index is 724. The average molecular weight is 286 g/mol. The summed E-state index contributed by atoms with van der Waals surface area (Å²) in [6.45, 7) is 5.38. The fourth-order valence-electron chi connectivity index (χ4n) is 2.25. The SMILES string of the molecule is COc1ccc(C(N)=O)c(-c2nc(C)c(O)c(C)c2C)c1. The van der Waals surface area contributed by atoms with Crippen molar-refractivity contribution in [3.05, 3.63) is 40.6 Å². The molecule has 0 fully saturated rings. The normalized spacial score (nSPS) is 10.5. The van der Waals surface area contributed by atoms with Crippen LogP contribution in [0.3, 0.4) is 0 Å². The van der Waals surface area contributed by atoms with Crippen molar-refractivity contribution in [2.24, 2.45) is 5.73 Å². The van der Waals surface area contributed by atoms with E-state index in [9.17, 15) is 9.90 Å². The number of pyridine rings is 1. The number of carbonyl (C=O) groups excluding carboxylic acids is 1. The fourth-order valence-corrected chi connectivity index (χ4v) is 2.25. The van der Waals surface area contributed by atoms with E-state index >= 15 is 0 Å². The van der Waals surface area contributed by atoms with Crippen LogP contribution in [0.2, 0.25) is 0 Å². The number of carbonyl (C=O) groups is 1. The van der Waals surface area contributed by atoms with Gasteiger partial charge in [-0.05, 0) is 50.1 Å². The maximum absolute atomic E-state index is 11.6. The van der Waals surface area contributed by atoms with E-state index in [0.29, 0.717) is 28.3 Å². The van der Waals surface area contributed by atoms with E-state index in [1.54, 1.807) is 32.2 Å². The summed E-state index contributed by atoms with van der Waals surface area (Å²) in [6.07, 6.45) is 0. The lowest BCUT2D eigenvalue weighted by atomic mass is 9.96. The van der Waals surface area contributed by atoms with Gasteiger partial charge in [-0.2, -0.15) is 0 Å². The summed E-state index contributed by atoms with van der Waals surface area (Å²) < 4.78 is 5.21. The number of ether oxygens (including phenoxy) is 1. The monoisotopic (exact) mass is 286 g/mol. The average Bonchev–Trinajstić information content (AvgIpc) is 2.48. The molecule has 1 heterocycles. The number of hydrogen-bond donors (Lipinski definition) is 2. The van der Waals surface area contributed by atoms with E-state index in [1.165, 1.54) is 0 Å². The summed E-state index contributed by atoms with van der Waals surface area (Å²) in [6, 6.07) is 5.03. The maximum Gasteiger partial charge on any atom is 0.249 e. The lowest BCUT2D eigenvalue weighted by Crippen LogP contribution is -2.13. The second-order valence-electron chi connectivity index (χ2n) is 4.92. The van der Waals surface area contributed by atoms with Crippen LogP contribution in [0.1, 0.15) is 27.2 Å².